The van der Waals surface area contributed by atoms with Gasteiger partial charge in [0.05, 0.1) is 37.1 Å². The molecule has 0 bridgehead atoms. The van der Waals surface area contributed by atoms with E-state index in [0.29, 0.717) is 26.1 Å². The average Bonchev–Trinajstić information content (AvgIpc) is 2.82. The molecular weight excluding hydrogens is 524 g/mol. The van der Waals surface area contributed by atoms with Crippen molar-refractivity contribution < 1.29 is 32.9 Å². The number of aldehydes is 1. The second-order valence-corrected chi connectivity index (χ2v) is 18.6. The van der Waals surface area contributed by atoms with E-state index < -0.39 is 19.9 Å². The summed E-state index contributed by atoms with van der Waals surface area (Å²) in [4.78, 5) is 11.3. The van der Waals surface area contributed by atoms with Gasteiger partial charge in [-0.15, -0.1) is 0 Å². The highest BCUT2D eigenvalue weighted by Crippen LogP contribution is 2.41. The summed E-state index contributed by atoms with van der Waals surface area (Å²) in [5, 5.41) is 0.0656. The number of ether oxygens (including phenoxy) is 5. The first-order valence-electron chi connectivity index (χ1n) is 15.0. The fourth-order valence-corrected chi connectivity index (χ4v) is 6.79. The average molecular weight is 579 g/mol. The van der Waals surface area contributed by atoms with Crippen LogP contribution < -0.4 is 0 Å². The largest absolute Gasteiger partial charge is 0.411 e. The molecule has 2 aliphatic rings. The highest BCUT2D eigenvalue weighted by molar-refractivity contribution is 6.74. The molecule has 0 unspecified atom stereocenters. The lowest BCUT2D eigenvalue weighted by molar-refractivity contribution is -0.313. The Morgan fingerprint density at radius 3 is 2.15 bits per heavy atom. The van der Waals surface area contributed by atoms with Crippen molar-refractivity contribution in [1.82, 2.24) is 0 Å². The molecule has 5 atom stereocenters. The summed E-state index contributed by atoms with van der Waals surface area (Å²) in [6.45, 7) is 20.4. The minimum Gasteiger partial charge on any atom is -0.411 e. The summed E-state index contributed by atoms with van der Waals surface area (Å²) in [6.07, 6.45) is 4.91. The fraction of sp³-hybridized carbons (Fsp3) is 0.781. The Balaban J connectivity index is 1.65. The van der Waals surface area contributed by atoms with Crippen molar-refractivity contribution in [2.45, 2.75) is 154 Å². The zero-order valence-corrected chi connectivity index (χ0v) is 27.4. The van der Waals surface area contributed by atoms with Gasteiger partial charge < -0.3 is 32.9 Å². The minimum absolute atomic E-state index is 0.0482. The molecule has 0 spiro atoms. The first kappa shape index (κ1) is 33.4. The van der Waals surface area contributed by atoms with Crippen molar-refractivity contribution in [2.75, 3.05) is 6.61 Å². The van der Waals surface area contributed by atoms with Gasteiger partial charge in [-0.3, -0.25) is 0 Å². The normalized spacial score (nSPS) is 27.7. The molecule has 0 aromatic heterocycles. The van der Waals surface area contributed by atoms with Gasteiger partial charge in [-0.2, -0.15) is 0 Å². The van der Waals surface area contributed by atoms with Crippen LogP contribution in [0.2, 0.25) is 18.1 Å². The number of rotatable bonds is 13. The molecule has 8 heteroatoms. The van der Waals surface area contributed by atoms with Gasteiger partial charge in [-0.1, -0.05) is 51.1 Å². The van der Waals surface area contributed by atoms with Crippen LogP contribution >= 0.6 is 0 Å². The monoisotopic (exact) mass is 578 g/mol. The topological polar surface area (TPSA) is 72.5 Å². The molecule has 0 N–H and O–H groups in total. The molecule has 2 saturated heterocycles. The van der Waals surface area contributed by atoms with Crippen LogP contribution in [-0.4, -0.2) is 63.3 Å². The van der Waals surface area contributed by atoms with Crippen LogP contribution in [0.3, 0.4) is 0 Å². The first-order valence-corrected chi connectivity index (χ1v) is 17.9. The van der Waals surface area contributed by atoms with Crippen molar-refractivity contribution in [3.8, 4) is 0 Å². The Morgan fingerprint density at radius 2 is 1.52 bits per heavy atom. The Hall–Kier alpha value is -1.13. The van der Waals surface area contributed by atoms with E-state index in [0.717, 1.165) is 32.0 Å². The van der Waals surface area contributed by atoms with E-state index in [9.17, 15) is 4.79 Å². The van der Waals surface area contributed by atoms with Crippen LogP contribution in [0, 0.1) is 0 Å². The Bertz CT molecular complexity index is 912. The van der Waals surface area contributed by atoms with Crippen LogP contribution in [0.5, 0.6) is 0 Å². The van der Waals surface area contributed by atoms with Gasteiger partial charge in [0.25, 0.3) is 0 Å². The first-order chi connectivity index (χ1) is 18.6. The van der Waals surface area contributed by atoms with Crippen molar-refractivity contribution in [2.24, 2.45) is 0 Å². The smallest absolute Gasteiger partial charge is 0.192 e. The Labute approximate surface area is 243 Å². The molecule has 2 fully saturated rings. The SMILES string of the molecule is CC1(C)O[C@@H](CCOCc2ccccc2)C[C@H](CC[C@@H](O[Si](C)(C)C(C)(C)C)[C@H]2C[C@H](CC=O)OC(C)(C)O2)O1. The van der Waals surface area contributed by atoms with Crippen molar-refractivity contribution in [1.29, 1.82) is 0 Å². The lowest BCUT2D eigenvalue weighted by Crippen LogP contribution is -2.54. The van der Waals surface area contributed by atoms with Crippen LogP contribution in [0.25, 0.3) is 0 Å². The Kier molecular flexibility index (Phi) is 11.6. The number of carbonyl (C=O) groups excluding carboxylic acids is 1. The number of carbonyl (C=O) groups is 1. The second-order valence-electron chi connectivity index (χ2n) is 13.9. The van der Waals surface area contributed by atoms with Crippen LogP contribution in [0.1, 0.15) is 92.6 Å². The molecule has 2 aliphatic heterocycles. The van der Waals surface area contributed by atoms with Gasteiger partial charge in [-0.25, -0.2) is 0 Å². The van der Waals surface area contributed by atoms with Gasteiger partial charge >= 0.3 is 0 Å². The molecule has 1 aromatic carbocycles. The highest BCUT2D eigenvalue weighted by atomic mass is 28.4. The highest BCUT2D eigenvalue weighted by Gasteiger charge is 2.45. The zero-order chi connectivity index (χ0) is 29.6. The maximum Gasteiger partial charge on any atom is 0.192 e. The van der Waals surface area contributed by atoms with E-state index in [4.69, 9.17) is 28.1 Å². The molecule has 7 nitrogen and oxygen atoms in total. The number of hydrogen-bond acceptors (Lipinski definition) is 7. The molecule has 228 valence electrons. The zero-order valence-electron chi connectivity index (χ0n) is 26.4. The molecule has 0 saturated carbocycles. The standard InChI is InChI=1S/C32H54O7Si/c1-30(2,3)40(8,9)39-28(29-22-26(17-19-33)36-32(6,7)38-29)16-15-25-21-27(37-31(4,5)35-25)18-20-34-23-24-13-11-10-12-14-24/h10-14,19,25-29H,15-18,20-23H2,1-9H3/t25-,26-,27-,28+,29+/m0/s1. The van der Waals surface area contributed by atoms with Crippen LogP contribution in [0.15, 0.2) is 30.3 Å². The van der Waals surface area contributed by atoms with Crippen molar-refractivity contribution in [3.05, 3.63) is 35.9 Å². The summed E-state index contributed by atoms with van der Waals surface area (Å²) >= 11 is 0. The second kappa shape index (κ2) is 13.9. The number of benzene rings is 1. The molecule has 0 amide bonds. The fourth-order valence-electron chi connectivity index (χ4n) is 5.41. The summed E-state index contributed by atoms with van der Waals surface area (Å²) in [5.41, 5.74) is 1.18. The third-order valence-electron chi connectivity index (χ3n) is 8.30. The molecule has 0 aliphatic carbocycles. The van der Waals surface area contributed by atoms with Gasteiger partial charge in [0.2, 0.25) is 0 Å². The lowest BCUT2D eigenvalue weighted by atomic mass is 9.95. The van der Waals surface area contributed by atoms with E-state index >= 15 is 0 Å². The summed E-state index contributed by atoms with van der Waals surface area (Å²) in [5.74, 6) is -1.43. The predicted molar refractivity (Wildman–Crippen MR) is 160 cm³/mol. The van der Waals surface area contributed by atoms with Gasteiger partial charge in [0, 0.05) is 25.9 Å². The summed E-state index contributed by atoms with van der Waals surface area (Å²) in [6, 6.07) is 10.2. The maximum absolute atomic E-state index is 11.3. The molecule has 2 heterocycles. The van der Waals surface area contributed by atoms with Crippen LogP contribution in [0.4, 0.5) is 0 Å². The third kappa shape index (κ3) is 10.3. The molecule has 1 aromatic rings. The summed E-state index contributed by atoms with van der Waals surface area (Å²) < 4.78 is 38.1. The van der Waals surface area contributed by atoms with Crippen molar-refractivity contribution >= 4 is 14.6 Å². The lowest BCUT2D eigenvalue weighted by Gasteiger charge is -2.47. The Morgan fingerprint density at radius 1 is 0.925 bits per heavy atom. The maximum atomic E-state index is 11.3. The summed E-state index contributed by atoms with van der Waals surface area (Å²) in [7, 11) is -2.09. The molecule has 3 rings (SSSR count). The molecule has 40 heavy (non-hydrogen) atoms. The predicted octanol–water partition coefficient (Wildman–Crippen LogP) is 7.17. The van der Waals surface area contributed by atoms with Gasteiger partial charge in [-0.05, 0) is 70.7 Å². The van der Waals surface area contributed by atoms with E-state index in [2.05, 4.69) is 46.0 Å². The van der Waals surface area contributed by atoms with E-state index in [1.165, 1.54) is 5.56 Å². The molecular formula is C32H54O7Si. The minimum atomic E-state index is -2.09. The van der Waals surface area contributed by atoms with E-state index in [1.807, 2.05) is 45.9 Å². The van der Waals surface area contributed by atoms with Crippen molar-refractivity contribution in [3.63, 3.8) is 0 Å². The van der Waals surface area contributed by atoms with E-state index in [1.54, 1.807) is 0 Å². The van der Waals surface area contributed by atoms with Gasteiger partial charge in [0.15, 0.2) is 19.9 Å². The molecule has 0 radical (unpaired) electrons. The quantitative estimate of drug-likeness (QED) is 0.140. The third-order valence-corrected chi connectivity index (χ3v) is 12.8. The number of hydrogen-bond donors (Lipinski definition) is 0. The van der Waals surface area contributed by atoms with Gasteiger partial charge in [0.1, 0.15) is 6.29 Å². The van der Waals surface area contributed by atoms with E-state index in [-0.39, 0.29) is 35.6 Å². The van der Waals surface area contributed by atoms with Crippen LogP contribution in [-0.2, 0) is 39.5 Å².